The van der Waals surface area contributed by atoms with E-state index in [4.69, 9.17) is 31.5 Å². The van der Waals surface area contributed by atoms with Gasteiger partial charge in [0.05, 0.1) is 31.0 Å². The number of nitrogens with zero attached hydrogens (tertiary/aromatic N) is 3. The molecule has 2 N–H and O–H groups in total. The van der Waals surface area contributed by atoms with E-state index in [0.29, 0.717) is 54.5 Å². The van der Waals surface area contributed by atoms with Crippen molar-refractivity contribution in [1.29, 1.82) is 0 Å². The summed E-state index contributed by atoms with van der Waals surface area (Å²) in [6.07, 6.45) is 0. The Kier molecular flexibility index (Phi) is 5.43. The van der Waals surface area contributed by atoms with Gasteiger partial charge in [-0.1, -0.05) is 11.6 Å². The number of amides is 1. The predicted octanol–water partition coefficient (Wildman–Crippen LogP) is 2.17. The Morgan fingerprint density at radius 1 is 1.31 bits per heavy atom. The normalized spacial score (nSPS) is 14.2. The lowest BCUT2D eigenvalue weighted by Gasteiger charge is -2.27. The van der Waals surface area contributed by atoms with Crippen molar-refractivity contribution in [2.24, 2.45) is 5.73 Å². The quantitative estimate of drug-likeness (QED) is 0.850. The van der Waals surface area contributed by atoms with Crippen LogP contribution in [-0.2, 0) is 4.74 Å². The number of carbonyl (C=O) groups excluding carboxylic acids is 1. The van der Waals surface area contributed by atoms with Crippen LogP contribution >= 0.6 is 11.6 Å². The number of halogens is 1. The van der Waals surface area contributed by atoms with Crippen LogP contribution in [0, 0.1) is 6.92 Å². The Bertz CT molecular complexity index is 825. The van der Waals surface area contributed by atoms with Crippen molar-refractivity contribution in [3.8, 4) is 17.2 Å². The highest BCUT2D eigenvalue weighted by Crippen LogP contribution is 2.35. The van der Waals surface area contributed by atoms with Crippen LogP contribution < -0.4 is 20.1 Å². The van der Waals surface area contributed by atoms with Gasteiger partial charge in [-0.05, 0) is 19.1 Å². The van der Waals surface area contributed by atoms with Gasteiger partial charge in [-0.25, -0.2) is 9.97 Å². The van der Waals surface area contributed by atoms with Crippen molar-refractivity contribution in [2.75, 3.05) is 38.3 Å². The van der Waals surface area contributed by atoms with Gasteiger partial charge in [0.15, 0.2) is 11.4 Å². The summed E-state index contributed by atoms with van der Waals surface area (Å²) in [5, 5.41) is 0.359. The van der Waals surface area contributed by atoms with Gasteiger partial charge in [-0.2, -0.15) is 0 Å². The summed E-state index contributed by atoms with van der Waals surface area (Å²) < 4.78 is 16.3. The van der Waals surface area contributed by atoms with Gasteiger partial charge in [-0.15, -0.1) is 0 Å². The second kappa shape index (κ2) is 7.76. The second-order valence-electron chi connectivity index (χ2n) is 5.65. The SMILES string of the molecule is COc1ccc(Cl)c(Oc2c(C)nc(N3CCOCC3)nc2C(N)=O)c1. The van der Waals surface area contributed by atoms with Crippen molar-refractivity contribution >= 4 is 23.5 Å². The van der Waals surface area contributed by atoms with Crippen molar-refractivity contribution in [3.05, 3.63) is 34.6 Å². The van der Waals surface area contributed by atoms with E-state index in [1.165, 1.54) is 7.11 Å². The van der Waals surface area contributed by atoms with E-state index in [-0.39, 0.29) is 11.4 Å². The lowest BCUT2D eigenvalue weighted by atomic mass is 10.2. The highest BCUT2D eigenvalue weighted by atomic mass is 35.5. The fourth-order valence-corrected chi connectivity index (χ4v) is 2.70. The lowest BCUT2D eigenvalue weighted by Crippen LogP contribution is -2.38. The minimum absolute atomic E-state index is 0.00196. The Hall–Kier alpha value is -2.58. The fraction of sp³-hybridized carbons (Fsp3) is 0.353. The molecule has 2 aromatic rings. The molecule has 3 rings (SSSR count). The molecule has 138 valence electrons. The molecule has 1 saturated heterocycles. The maximum absolute atomic E-state index is 12.0. The summed E-state index contributed by atoms with van der Waals surface area (Å²) in [6, 6.07) is 4.95. The number of rotatable bonds is 5. The molecule has 0 spiro atoms. The van der Waals surface area contributed by atoms with Crippen LogP contribution in [0.4, 0.5) is 5.95 Å². The highest BCUT2D eigenvalue weighted by Gasteiger charge is 2.23. The largest absolute Gasteiger partial charge is 0.497 e. The Balaban J connectivity index is 2.00. The second-order valence-corrected chi connectivity index (χ2v) is 6.06. The van der Waals surface area contributed by atoms with Crippen molar-refractivity contribution in [1.82, 2.24) is 9.97 Å². The summed E-state index contributed by atoms with van der Waals surface area (Å²) >= 11 is 6.18. The number of nitrogens with two attached hydrogens (primary N) is 1. The highest BCUT2D eigenvalue weighted by molar-refractivity contribution is 6.32. The number of primary amides is 1. The number of methoxy groups -OCH3 is 1. The average Bonchev–Trinajstić information content (AvgIpc) is 2.65. The molecule has 9 heteroatoms. The topological polar surface area (TPSA) is 99.8 Å². The number of carbonyl (C=O) groups is 1. The molecule has 0 aliphatic carbocycles. The number of ether oxygens (including phenoxy) is 3. The van der Waals surface area contributed by atoms with Gasteiger partial charge < -0.3 is 24.8 Å². The summed E-state index contributed by atoms with van der Waals surface area (Å²) in [5.41, 5.74) is 6.00. The molecule has 1 aliphatic rings. The molecule has 0 unspecified atom stereocenters. The molecular formula is C17H19ClN4O4. The van der Waals surface area contributed by atoms with E-state index < -0.39 is 5.91 Å². The summed E-state index contributed by atoms with van der Waals surface area (Å²) in [7, 11) is 1.54. The number of hydrogen-bond donors (Lipinski definition) is 1. The van der Waals surface area contributed by atoms with Crippen LogP contribution in [-0.4, -0.2) is 49.3 Å². The van der Waals surface area contributed by atoms with E-state index in [2.05, 4.69) is 9.97 Å². The van der Waals surface area contributed by atoms with E-state index in [9.17, 15) is 4.79 Å². The number of aromatic nitrogens is 2. The van der Waals surface area contributed by atoms with Gasteiger partial charge >= 0.3 is 0 Å². The standard InChI is InChI=1S/C17H19ClN4O4/c1-10-15(26-13-9-11(24-2)3-4-12(13)18)14(16(19)23)21-17(20-10)22-5-7-25-8-6-22/h3-4,9H,5-8H2,1-2H3,(H2,19,23). The third-order valence-electron chi connectivity index (χ3n) is 3.90. The van der Waals surface area contributed by atoms with Crippen LogP contribution in [0.1, 0.15) is 16.2 Å². The molecule has 0 bridgehead atoms. The molecule has 26 heavy (non-hydrogen) atoms. The van der Waals surface area contributed by atoms with Crippen LogP contribution in [0.15, 0.2) is 18.2 Å². The Labute approximate surface area is 155 Å². The molecule has 1 aromatic heterocycles. The number of hydrogen-bond acceptors (Lipinski definition) is 7. The maximum atomic E-state index is 12.0. The van der Waals surface area contributed by atoms with E-state index in [1.807, 2.05) is 4.90 Å². The van der Waals surface area contributed by atoms with E-state index in [0.717, 1.165) is 0 Å². The first-order valence-corrected chi connectivity index (χ1v) is 8.40. The number of anilines is 1. The fourth-order valence-electron chi connectivity index (χ4n) is 2.54. The molecule has 0 saturated carbocycles. The molecule has 1 fully saturated rings. The van der Waals surface area contributed by atoms with Crippen LogP contribution in [0.2, 0.25) is 5.02 Å². The molecule has 2 heterocycles. The van der Waals surface area contributed by atoms with Gasteiger partial charge in [0, 0.05) is 19.2 Å². The predicted molar refractivity (Wildman–Crippen MR) is 96.4 cm³/mol. The Morgan fingerprint density at radius 2 is 2.04 bits per heavy atom. The molecule has 1 aliphatic heterocycles. The average molecular weight is 379 g/mol. The number of aryl methyl sites for hydroxylation is 1. The third-order valence-corrected chi connectivity index (χ3v) is 4.21. The zero-order valence-electron chi connectivity index (χ0n) is 14.5. The van der Waals surface area contributed by atoms with Crippen LogP contribution in [0.3, 0.4) is 0 Å². The van der Waals surface area contributed by atoms with Crippen LogP contribution in [0.5, 0.6) is 17.2 Å². The summed E-state index contributed by atoms with van der Waals surface area (Å²) in [6.45, 7) is 4.15. The van der Waals surface area contributed by atoms with Crippen LogP contribution in [0.25, 0.3) is 0 Å². The van der Waals surface area contributed by atoms with Gasteiger partial charge in [0.1, 0.15) is 11.5 Å². The molecule has 1 aromatic carbocycles. The van der Waals surface area contributed by atoms with Crippen molar-refractivity contribution in [2.45, 2.75) is 6.92 Å². The molecule has 0 radical (unpaired) electrons. The minimum Gasteiger partial charge on any atom is -0.497 e. The molecule has 0 atom stereocenters. The first kappa shape index (κ1) is 18.2. The van der Waals surface area contributed by atoms with Gasteiger partial charge in [0.25, 0.3) is 5.91 Å². The molecule has 8 nitrogen and oxygen atoms in total. The van der Waals surface area contributed by atoms with Gasteiger partial charge in [0.2, 0.25) is 5.95 Å². The van der Waals surface area contributed by atoms with Gasteiger partial charge in [-0.3, -0.25) is 4.79 Å². The third kappa shape index (κ3) is 3.81. The Morgan fingerprint density at radius 3 is 2.69 bits per heavy atom. The lowest BCUT2D eigenvalue weighted by molar-refractivity contribution is 0.0992. The van der Waals surface area contributed by atoms with Crippen molar-refractivity contribution < 1.29 is 19.0 Å². The summed E-state index contributed by atoms with van der Waals surface area (Å²) in [5.74, 6) is 0.764. The zero-order valence-corrected chi connectivity index (χ0v) is 15.2. The first-order chi connectivity index (χ1) is 12.5. The monoisotopic (exact) mass is 378 g/mol. The molecular weight excluding hydrogens is 360 g/mol. The van der Waals surface area contributed by atoms with Crippen molar-refractivity contribution in [3.63, 3.8) is 0 Å². The number of benzene rings is 1. The van der Waals surface area contributed by atoms with E-state index >= 15 is 0 Å². The smallest absolute Gasteiger partial charge is 0.271 e. The first-order valence-electron chi connectivity index (χ1n) is 8.02. The summed E-state index contributed by atoms with van der Waals surface area (Å²) in [4.78, 5) is 22.7. The maximum Gasteiger partial charge on any atom is 0.271 e. The minimum atomic E-state index is -0.709. The number of morpholine rings is 1. The molecule has 1 amide bonds. The zero-order chi connectivity index (χ0) is 18.7. The van der Waals surface area contributed by atoms with E-state index in [1.54, 1.807) is 25.1 Å².